The Bertz CT molecular complexity index is 330. The van der Waals surface area contributed by atoms with E-state index in [4.69, 9.17) is 0 Å². The number of halogens is 1. The van der Waals surface area contributed by atoms with Crippen molar-refractivity contribution >= 4 is 22.5 Å². The van der Waals surface area contributed by atoms with Gasteiger partial charge in [0.2, 0.25) is 0 Å². The fourth-order valence-corrected chi connectivity index (χ4v) is 2.19. The van der Waals surface area contributed by atoms with Gasteiger partial charge in [-0.25, -0.2) is 14.2 Å². The molecule has 4 nitrogen and oxygen atoms in total. The molecule has 6 heteroatoms. The van der Waals surface area contributed by atoms with E-state index >= 15 is 0 Å². The first-order chi connectivity index (χ1) is 7.24. The number of hydrogen-bond donors (Lipinski definition) is 2. The quantitative estimate of drug-likeness (QED) is 0.816. The van der Waals surface area contributed by atoms with Gasteiger partial charge >= 0.3 is 6.03 Å². The van der Waals surface area contributed by atoms with E-state index in [0.717, 1.165) is 0 Å². The zero-order valence-corrected chi connectivity index (χ0v) is 8.89. The van der Waals surface area contributed by atoms with Gasteiger partial charge in [-0.15, -0.1) is 11.3 Å². The van der Waals surface area contributed by atoms with E-state index < -0.39 is 6.17 Å². The van der Waals surface area contributed by atoms with Gasteiger partial charge in [0, 0.05) is 17.6 Å². The average Bonchev–Trinajstić information content (AvgIpc) is 2.77. The van der Waals surface area contributed by atoms with Crippen LogP contribution >= 0.6 is 11.3 Å². The maximum absolute atomic E-state index is 12.8. The number of rotatable bonds is 2. The Labute approximate surface area is 90.9 Å². The molecular weight excluding hydrogens is 217 g/mol. The SMILES string of the molecule is O=C(Nc1nccs1)N[C@H]1CC[C@@H](F)C1. The third-order valence-corrected chi connectivity index (χ3v) is 3.05. The zero-order valence-electron chi connectivity index (χ0n) is 8.07. The molecule has 1 aromatic rings. The molecule has 1 aliphatic carbocycles. The highest BCUT2D eigenvalue weighted by molar-refractivity contribution is 7.13. The topological polar surface area (TPSA) is 54.0 Å². The molecule has 1 fully saturated rings. The standard InChI is InChI=1S/C9H12FN3OS/c10-6-1-2-7(5-6)12-8(14)13-9-11-3-4-15-9/h3-4,6-7H,1-2,5H2,(H2,11,12,13,14)/t6-,7+/m1/s1. The van der Waals surface area contributed by atoms with Gasteiger partial charge in [0.05, 0.1) is 0 Å². The molecule has 0 unspecified atom stereocenters. The summed E-state index contributed by atoms with van der Waals surface area (Å²) in [6, 6.07) is -0.344. The van der Waals surface area contributed by atoms with Crippen LogP contribution in [0.25, 0.3) is 0 Å². The fraction of sp³-hybridized carbons (Fsp3) is 0.556. The van der Waals surface area contributed by atoms with Crippen molar-refractivity contribution in [3.8, 4) is 0 Å². The number of carbonyl (C=O) groups excluding carboxylic acids is 1. The van der Waals surface area contributed by atoms with Gasteiger partial charge in [-0.2, -0.15) is 0 Å². The first-order valence-corrected chi connectivity index (χ1v) is 5.73. The van der Waals surface area contributed by atoms with E-state index in [9.17, 15) is 9.18 Å². The van der Waals surface area contributed by atoms with Gasteiger partial charge in [0.15, 0.2) is 5.13 Å². The third kappa shape index (κ3) is 2.89. The van der Waals surface area contributed by atoms with Gasteiger partial charge in [0.25, 0.3) is 0 Å². The molecule has 82 valence electrons. The van der Waals surface area contributed by atoms with E-state index in [1.165, 1.54) is 11.3 Å². The number of nitrogens with one attached hydrogen (secondary N) is 2. The average molecular weight is 229 g/mol. The lowest BCUT2D eigenvalue weighted by Crippen LogP contribution is -2.36. The molecule has 2 atom stereocenters. The monoisotopic (exact) mass is 229 g/mol. The number of anilines is 1. The van der Waals surface area contributed by atoms with Crippen LogP contribution in [-0.4, -0.2) is 23.2 Å². The minimum Gasteiger partial charge on any atom is -0.335 e. The summed E-state index contributed by atoms with van der Waals surface area (Å²) in [5, 5.41) is 7.66. The molecule has 2 amide bonds. The second-order valence-electron chi connectivity index (χ2n) is 3.54. The number of carbonyl (C=O) groups is 1. The lowest BCUT2D eigenvalue weighted by atomic mass is 10.2. The van der Waals surface area contributed by atoms with Gasteiger partial charge in [-0.3, -0.25) is 5.32 Å². The molecular formula is C9H12FN3OS. The predicted octanol–water partition coefficient (Wildman–Crippen LogP) is 2.16. The van der Waals surface area contributed by atoms with Gasteiger partial charge in [0.1, 0.15) is 6.17 Å². The van der Waals surface area contributed by atoms with Crippen LogP contribution in [0.2, 0.25) is 0 Å². The molecule has 1 aliphatic rings. The Kier molecular flexibility index (Phi) is 3.15. The lowest BCUT2D eigenvalue weighted by molar-refractivity contribution is 0.247. The van der Waals surface area contributed by atoms with Crippen LogP contribution in [-0.2, 0) is 0 Å². The van der Waals surface area contributed by atoms with Crippen LogP contribution in [0.15, 0.2) is 11.6 Å². The van der Waals surface area contributed by atoms with Crippen molar-refractivity contribution in [2.75, 3.05) is 5.32 Å². The minimum atomic E-state index is -0.768. The van der Waals surface area contributed by atoms with E-state index in [2.05, 4.69) is 15.6 Å². The summed E-state index contributed by atoms with van der Waals surface area (Å²) >= 11 is 1.35. The van der Waals surface area contributed by atoms with Crippen molar-refractivity contribution in [2.45, 2.75) is 31.5 Å². The summed E-state index contributed by atoms with van der Waals surface area (Å²) in [4.78, 5) is 15.3. The molecule has 0 saturated heterocycles. The molecule has 1 heterocycles. The number of amides is 2. The normalized spacial score (nSPS) is 25.1. The summed E-state index contributed by atoms with van der Waals surface area (Å²) in [6.07, 6.45) is 2.53. The zero-order chi connectivity index (χ0) is 10.7. The van der Waals surface area contributed by atoms with Crippen LogP contribution < -0.4 is 10.6 Å². The molecule has 1 aromatic heterocycles. The van der Waals surface area contributed by atoms with Crippen molar-refractivity contribution in [2.24, 2.45) is 0 Å². The molecule has 0 aromatic carbocycles. The number of thiazole rings is 1. The first kappa shape index (κ1) is 10.4. The van der Waals surface area contributed by atoms with Crippen molar-refractivity contribution < 1.29 is 9.18 Å². The van der Waals surface area contributed by atoms with Crippen LogP contribution in [0.1, 0.15) is 19.3 Å². The lowest BCUT2D eigenvalue weighted by Gasteiger charge is -2.11. The Balaban J connectivity index is 1.78. The van der Waals surface area contributed by atoms with Crippen molar-refractivity contribution in [3.05, 3.63) is 11.6 Å². The smallest absolute Gasteiger partial charge is 0.321 e. The molecule has 15 heavy (non-hydrogen) atoms. The summed E-state index contributed by atoms with van der Waals surface area (Å²) in [7, 11) is 0. The van der Waals surface area contributed by atoms with Crippen LogP contribution in [0, 0.1) is 0 Å². The minimum absolute atomic E-state index is 0.0417. The van der Waals surface area contributed by atoms with E-state index in [-0.39, 0.29) is 12.1 Å². The summed E-state index contributed by atoms with van der Waals surface area (Å²) < 4.78 is 12.8. The van der Waals surface area contributed by atoms with Gasteiger partial charge in [-0.05, 0) is 19.3 Å². The Morgan fingerprint density at radius 2 is 2.47 bits per heavy atom. The molecule has 0 radical (unpaired) electrons. The molecule has 2 N–H and O–H groups in total. The van der Waals surface area contributed by atoms with E-state index in [1.807, 2.05) is 0 Å². The van der Waals surface area contributed by atoms with Gasteiger partial charge in [-0.1, -0.05) is 0 Å². The first-order valence-electron chi connectivity index (χ1n) is 4.85. The summed E-state index contributed by atoms with van der Waals surface area (Å²) in [5.74, 6) is 0. The van der Waals surface area contributed by atoms with E-state index in [0.29, 0.717) is 24.4 Å². The molecule has 1 saturated carbocycles. The highest BCUT2D eigenvalue weighted by Crippen LogP contribution is 2.21. The Morgan fingerprint density at radius 1 is 1.60 bits per heavy atom. The molecule has 2 rings (SSSR count). The maximum atomic E-state index is 12.8. The summed E-state index contributed by atoms with van der Waals surface area (Å²) in [5.41, 5.74) is 0. The maximum Gasteiger partial charge on any atom is 0.321 e. The molecule has 0 aliphatic heterocycles. The second kappa shape index (κ2) is 4.57. The second-order valence-corrected chi connectivity index (χ2v) is 4.44. The summed E-state index contributed by atoms with van der Waals surface area (Å²) in [6.45, 7) is 0. The Morgan fingerprint density at radius 3 is 3.07 bits per heavy atom. The van der Waals surface area contributed by atoms with E-state index in [1.54, 1.807) is 11.6 Å². The number of urea groups is 1. The van der Waals surface area contributed by atoms with Crippen LogP contribution in [0.3, 0.4) is 0 Å². The number of alkyl halides is 1. The Hall–Kier alpha value is -1.17. The van der Waals surface area contributed by atoms with Crippen molar-refractivity contribution in [1.82, 2.24) is 10.3 Å². The molecule has 0 bridgehead atoms. The van der Waals surface area contributed by atoms with Crippen LogP contribution in [0.5, 0.6) is 0 Å². The number of aromatic nitrogens is 1. The van der Waals surface area contributed by atoms with Gasteiger partial charge < -0.3 is 5.32 Å². The third-order valence-electron chi connectivity index (χ3n) is 2.36. The highest BCUT2D eigenvalue weighted by atomic mass is 32.1. The van der Waals surface area contributed by atoms with Crippen molar-refractivity contribution in [1.29, 1.82) is 0 Å². The number of hydrogen-bond acceptors (Lipinski definition) is 3. The fourth-order valence-electron chi connectivity index (χ4n) is 1.66. The van der Waals surface area contributed by atoms with Crippen LogP contribution in [0.4, 0.5) is 14.3 Å². The molecule has 0 spiro atoms. The van der Waals surface area contributed by atoms with Crippen molar-refractivity contribution in [3.63, 3.8) is 0 Å². The largest absolute Gasteiger partial charge is 0.335 e. The predicted molar refractivity (Wildman–Crippen MR) is 56.8 cm³/mol. The highest BCUT2D eigenvalue weighted by Gasteiger charge is 2.25. The number of nitrogens with zero attached hydrogens (tertiary/aromatic N) is 1.